The number of benzene rings is 1. The third-order valence-electron chi connectivity index (χ3n) is 1.67. The van der Waals surface area contributed by atoms with Crippen molar-refractivity contribution in [1.82, 2.24) is 0 Å². The molecule has 0 saturated carbocycles. The van der Waals surface area contributed by atoms with E-state index in [0.29, 0.717) is 11.3 Å². The van der Waals surface area contributed by atoms with Gasteiger partial charge in [0.1, 0.15) is 5.82 Å². The molecule has 0 saturated heterocycles. The Morgan fingerprint density at radius 2 is 2.21 bits per heavy atom. The van der Waals surface area contributed by atoms with Crippen molar-refractivity contribution in [2.75, 3.05) is 5.73 Å². The van der Waals surface area contributed by atoms with Gasteiger partial charge in [-0.05, 0) is 17.7 Å². The molecule has 1 amide bonds. The summed E-state index contributed by atoms with van der Waals surface area (Å²) in [6.45, 7) is 0. The molecule has 0 aliphatic rings. The maximum absolute atomic E-state index is 12.6. The van der Waals surface area contributed by atoms with Gasteiger partial charge in [-0.15, -0.1) is 0 Å². The quantitative estimate of drug-likeness (QED) is 0.712. The average Bonchev–Trinajstić information content (AvgIpc) is 2.08. The Kier molecular flexibility index (Phi) is 3.23. The molecular formula is C10H11FN2O. The van der Waals surface area contributed by atoms with E-state index < -0.39 is 5.91 Å². The highest BCUT2D eigenvalue weighted by atomic mass is 19.1. The van der Waals surface area contributed by atoms with E-state index in [0.717, 1.165) is 0 Å². The number of nitrogen functional groups attached to an aromatic ring is 1. The molecule has 74 valence electrons. The Hall–Kier alpha value is -1.84. The number of anilines is 1. The first-order valence-electron chi connectivity index (χ1n) is 4.09. The lowest BCUT2D eigenvalue weighted by Crippen LogP contribution is -2.07. The van der Waals surface area contributed by atoms with E-state index in [4.69, 9.17) is 11.5 Å². The molecule has 0 bridgehead atoms. The van der Waals surface area contributed by atoms with Gasteiger partial charge in [0, 0.05) is 12.1 Å². The van der Waals surface area contributed by atoms with Crippen molar-refractivity contribution in [2.45, 2.75) is 6.42 Å². The van der Waals surface area contributed by atoms with E-state index >= 15 is 0 Å². The van der Waals surface area contributed by atoms with Gasteiger partial charge in [0.05, 0.1) is 0 Å². The van der Waals surface area contributed by atoms with Crippen molar-refractivity contribution in [2.24, 2.45) is 5.73 Å². The fourth-order valence-electron chi connectivity index (χ4n) is 0.999. The molecule has 0 aliphatic heterocycles. The van der Waals surface area contributed by atoms with Crippen LogP contribution < -0.4 is 11.5 Å². The maximum Gasteiger partial charge on any atom is 0.221 e. The third-order valence-corrected chi connectivity index (χ3v) is 1.67. The van der Waals surface area contributed by atoms with Crippen molar-refractivity contribution >= 4 is 17.7 Å². The zero-order chi connectivity index (χ0) is 10.6. The molecule has 1 rings (SSSR count). The Balaban J connectivity index is 2.76. The Morgan fingerprint density at radius 3 is 2.79 bits per heavy atom. The van der Waals surface area contributed by atoms with Gasteiger partial charge in [0.25, 0.3) is 0 Å². The summed E-state index contributed by atoms with van der Waals surface area (Å²) in [5.41, 5.74) is 11.5. The molecule has 3 nitrogen and oxygen atoms in total. The van der Waals surface area contributed by atoms with Gasteiger partial charge in [0.2, 0.25) is 5.91 Å². The lowest BCUT2D eigenvalue weighted by Gasteiger charge is -1.99. The van der Waals surface area contributed by atoms with Crippen molar-refractivity contribution in [3.05, 3.63) is 35.7 Å². The molecular weight excluding hydrogens is 183 g/mol. The highest BCUT2D eigenvalue weighted by molar-refractivity contribution is 5.77. The number of carbonyl (C=O) groups is 1. The van der Waals surface area contributed by atoms with Crippen LogP contribution in [0.15, 0.2) is 24.3 Å². The van der Waals surface area contributed by atoms with Crippen LogP contribution in [-0.4, -0.2) is 5.91 Å². The number of hydrogen-bond acceptors (Lipinski definition) is 2. The summed E-state index contributed by atoms with van der Waals surface area (Å²) in [4.78, 5) is 10.4. The highest BCUT2D eigenvalue weighted by Crippen LogP contribution is 2.14. The molecule has 0 aliphatic carbocycles. The minimum atomic E-state index is -0.415. The van der Waals surface area contributed by atoms with Crippen LogP contribution in [-0.2, 0) is 4.79 Å². The molecule has 0 atom stereocenters. The van der Waals surface area contributed by atoms with Gasteiger partial charge in [-0.1, -0.05) is 18.2 Å². The molecule has 0 fully saturated rings. The summed E-state index contributed by atoms with van der Waals surface area (Å²) in [6.07, 6.45) is 3.38. The predicted octanol–water partition coefficient (Wildman–Crippen LogP) is 1.30. The molecule has 4 N–H and O–H groups in total. The second-order valence-electron chi connectivity index (χ2n) is 2.85. The van der Waals surface area contributed by atoms with Gasteiger partial charge in [0.15, 0.2) is 0 Å². The van der Waals surface area contributed by atoms with E-state index in [9.17, 15) is 9.18 Å². The highest BCUT2D eigenvalue weighted by Gasteiger charge is 1.96. The standard InChI is InChI=1S/C10H11FN2O/c11-8-5-4-7(9(12)6-8)2-1-3-10(13)14/h1-2,4-6H,3,12H2,(H2,13,14). The van der Waals surface area contributed by atoms with E-state index in [1.807, 2.05) is 0 Å². The number of halogens is 1. The van der Waals surface area contributed by atoms with Gasteiger partial charge in [-0.25, -0.2) is 4.39 Å². The number of rotatable bonds is 3. The summed E-state index contributed by atoms with van der Waals surface area (Å²) in [5.74, 6) is -0.795. The Labute approximate surface area is 81.2 Å². The molecule has 0 spiro atoms. The first-order chi connectivity index (χ1) is 6.59. The smallest absolute Gasteiger partial charge is 0.221 e. The molecule has 4 heteroatoms. The second kappa shape index (κ2) is 4.41. The Morgan fingerprint density at radius 1 is 1.50 bits per heavy atom. The maximum atomic E-state index is 12.6. The largest absolute Gasteiger partial charge is 0.398 e. The monoisotopic (exact) mass is 194 g/mol. The fraction of sp³-hybridized carbons (Fsp3) is 0.100. The summed E-state index contributed by atoms with van der Waals surface area (Å²) in [7, 11) is 0. The molecule has 1 aromatic carbocycles. The molecule has 14 heavy (non-hydrogen) atoms. The van der Waals surface area contributed by atoms with E-state index in [-0.39, 0.29) is 12.2 Å². The van der Waals surface area contributed by atoms with E-state index in [1.54, 1.807) is 18.2 Å². The van der Waals surface area contributed by atoms with Crippen LogP contribution in [0.2, 0.25) is 0 Å². The summed E-state index contributed by atoms with van der Waals surface area (Å²) in [6, 6.07) is 4.08. The van der Waals surface area contributed by atoms with Crippen LogP contribution in [0.25, 0.3) is 6.08 Å². The van der Waals surface area contributed by atoms with Crippen LogP contribution in [0, 0.1) is 5.82 Å². The van der Waals surface area contributed by atoms with Gasteiger partial charge in [-0.3, -0.25) is 4.79 Å². The summed E-state index contributed by atoms with van der Waals surface area (Å²) in [5, 5.41) is 0. The van der Waals surface area contributed by atoms with Crippen LogP contribution in [0.4, 0.5) is 10.1 Å². The molecule has 0 heterocycles. The Bertz CT molecular complexity index is 374. The summed E-state index contributed by atoms with van der Waals surface area (Å²) >= 11 is 0. The van der Waals surface area contributed by atoms with Crippen molar-refractivity contribution in [1.29, 1.82) is 0 Å². The topological polar surface area (TPSA) is 69.1 Å². The average molecular weight is 194 g/mol. The number of primary amides is 1. The minimum Gasteiger partial charge on any atom is -0.398 e. The third kappa shape index (κ3) is 2.90. The van der Waals surface area contributed by atoms with Crippen LogP contribution in [0.3, 0.4) is 0 Å². The SMILES string of the molecule is NC(=O)CC=Cc1ccc(F)cc1N. The summed E-state index contributed by atoms with van der Waals surface area (Å²) < 4.78 is 12.6. The van der Waals surface area contributed by atoms with Crippen molar-refractivity contribution in [3.8, 4) is 0 Å². The number of nitrogens with two attached hydrogens (primary N) is 2. The van der Waals surface area contributed by atoms with Gasteiger partial charge >= 0.3 is 0 Å². The van der Waals surface area contributed by atoms with Crippen molar-refractivity contribution in [3.63, 3.8) is 0 Å². The second-order valence-corrected chi connectivity index (χ2v) is 2.85. The number of hydrogen-bond donors (Lipinski definition) is 2. The molecule has 0 aromatic heterocycles. The molecule has 0 radical (unpaired) electrons. The number of carbonyl (C=O) groups excluding carboxylic acids is 1. The molecule has 0 unspecified atom stereocenters. The van der Waals surface area contributed by atoms with Crippen molar-refractivity contribution < 1.29 is 9.18 Å². The first-order valence-corrected chi connectivity index (χ1v) is 4.09. The minimum absolute atomic E-state index is 0.150. The lowest BCUT2D eigenvalue weighted by atomic mass is 10.1. The molecule has 1 aromatic rings. The van der Waals surface area contributed by atoms with Crippen LogP contribution >= 0.6 is 0 Å². The van der Waals surface area contributed by atoms with Gasteiger partial charge in [-0.2, -0.15) is 0 Å². The van der Waals surface area contributed by atoms with Gasteiger partial charge < -0.3 is 11.5 Å². The number of amides is 1. The zero-order valence-corrected chi connectivity index (χ0v) is 7.53. The van der Waals surface area contributed by atoms with E-state index in [1.165, 1.54) is 12.1 Å². The zero-order valence-electron chi connectivity index (χ0n) is 7.53. The first kappa shape index (κ1) is 10.2. The van der Waals surface area contributed by atoms with E-state index in [2.05, 4.69) is 0 Å². The fourth-order valence-corrected chi connectivity index (χ4v) is 0.999. The normalized spacial score (nSPS) is 10.6. The predicted molar refractivity (Wildman–Crippen MR) is 53.7 cm³/mol. The lowest BCUT2D eigenvalue weighted by molar-refractivity contribution is -0.117. The van der Waals surface area contributed by atoms with Crippen LogP contribution in [0.1, 0.15) is 12.0 Å². The van der Waals surface area contributed by atoms with Crippen LogP contribution in [0.5, 0.6) is 0 Å².